The first-order valence-corrected chi connectivity index (χ1v) is 11.7. The van der Waals surface area contributed by atoms with Crippen LogP contribution in [0.3, 0.4) is 0 Å². The fraction of sp³-hybridized carbons (Fsp3) is 0.615. The molecule has 0 aliphatic carbocycles. The third kappa shape index (κ3) is 7.29. The van der Waals surface area contributed by atoms with E-state index in [4.69, 9.17) is 5.26 Å². The Balaban J connectivity index is 2.18. The van der Waals surface area contributed by atoms with E-state index in [0.717, 1.165) is 5.56 Å². The second kappa shape index (κ2) is 10.6. The number of aliphatic hydroxyl groups is 1. The molecule has 1 aliphatic rings. The molecule has 0 saturated carbocycles. The first kappa shape index (κ1) is 27.3. The first-order chi connectivity index (χ1) is 15.6. The Bertz CT molecular complexity index is 938. The minimum absolute atomic E-state index is 0.0316. The van der Waals surface area contributed by atoms with Gasteiger partial charge in [-0.1, -0.05) is 53.7 Å². The number of hydrogen-bond donors (Lipinski definition) is 3. The van der Waals surface area contributed by atoms with Gasteiger partial charge < -0.3 is 20.6 Å². The van der Waals surface area contributed by atoms with Crippen molar-refractivity contribution in [3.8, 4) is 6.07 Å². The lowest BCUT2D eigenvalue weighted by Crippen LogP contribution is -2.58. The minimum atomic E-state index is -0.840. The van der Waals surface area contributed by atoms with Crippen molar-refractivity contribution in [2.75, 3.05) is 6.54 Å². The molecule has 3 amide bonds. The second-order valence-corrected chi connectivity index (χ2v) is 11.5. The topological polar surface area (TPSA) is 123 Å². The maximum Gasteiger partial charge on any atom is 0.246 e. The molecular weight excluding hydrogens is 432 g/mol. The number of amides is 3. The van der Waals surface area contributed by atoms with Gasteiger partial charge in [-0.05, 0) is 35.4 Å². The molecule has 1 fully saturated rings. The highest BCUT2D eigenvalue weighted by Gasteiger charge is 2.44. The van der Waals surface area contributed by atoms with E-state index in [1.807, 2.05) is 48.5 Å². The van der Waals surface area contributed by atoms with Gasteiger partial charge in [-0.25, -0.2) is 0 Å². The molecule has 0 aromatic heterocycles. The van der Waals surface area contributed by atoms with Crippen LogP contribution in [0.4, 0.5) is 0 Å². The summed E-state index contributed by atoms with van der Waals surface area (Å²) in [6.07, 6.45) is -0.429. The van der Waals surface area contributed by atoms with Crippen molar-refractivity contribution in [2.45, 2.75) is 85.5 Å². The number of carbonyl (C=O) groups is 3. The van der Waals surface area contributed by atoms with E-state index in [0.29, 0.717) is 5.56 Å². The molecule has 4 atom stereocenters. The van der Waals surface area contributed by atoms with Gasteiger partial charge in [0.05, 0.1) is 23.8 Å². The van der Waals surface area contributed by atoms with Crippen molar-refractivity contribution in [3.05, 3.63) is 35.4 Å². The summed E-state index contributed by atoms with van der Waals surface area (Å²) in [4.78, 5) is 40.7. The van der Waals surface area contributed by atoms with Crippen LogP contribution in [-0.4, -0.2) is 52.5 Å². The third-order valence-electron chi connectivity index (χ3n) is 5.87. The maximum absolute atomic E-state index is 13.6. The standard InChI is InChI=1S/C26H38N4O4/c1-16(18-10-8-17(14-27)9-11-18)28-23(33)20-12-19(31)15-30(20)24(34)22(26(5,6)7)29-21(32)13-25(2,3)4/h8-11,16,19-20,22,31H,12-13,15H2,1-7H3,(H,28,33)(H,29,32). The number of hydrogen-bond acceptors (Lipinski definition) is 5. The monoisotopic (exact) mass is 470 g/mol. The Morgan fingerprint density at radius 3 is 2.21 bits per heavy atom. The molecule has 8 nitrogen and oxygen atoms in total. The van der Waals surface area contributed by atoms with Gasteiger partial charge in [0.25, 0.3) is 0 Å². The van der Waals surface area contributed by atoms with E-state index in [-0.39, 0.29) is 48.6 Å². The summed E-state index contributed by atoms with van der Waals surface area (Å²) in [6.45, 7) is 13.3. The van der Waals surface area contributed by atoms with E-state index in [1.165, 1.54) is 4.90 Å². The Labute approximate surface area is 202 Å². The van der Waals surface area contributed by atoms with Gasteiger partial charge >= 0.3 is 0 Å². The molecule has 1 heterocycles. The van der Waals surface area contributed by atoms with E-state index < -0.39 is 23.6 Å². The molecule has 8 heteroatoms. The van der Waals surface area contributed by atoms with E-state index in [1.54, 1.807) is 24.3 Å². The van der Waals surface area contributed by atoms with Gasteiger partial charge in [-0.2, -0.15) is 5.26 Å². The zero-order valence-electron chi connectivity index (χ0n) is 21.3. The van der Waals surface area contributed by atoms with Gasteiger partial charge in [0.2, 0.25) is 17.7 Å². The van der Waals surface area contributed by atoms with Crippen LogP contribution in [0.25, 0.3) is 0 Å². The smallest absolute Gasteiger partial charge is 0.246 e. The van der Waals surface area contributed by atoms with Crippen LogP contribution in [0.5, 0.6) is 0 Å². The molecule has 2 rings (SSSR count). The van der Waals surface area contributed by atoms with Gasteiger partial charge in [-0.3, -0.25) is 14.4 Å². The molecule has 1 aliphatic heterocycles. The normalized spacial score (nSPS) is 20.3. The SMILES string of the molecule is CC(NC(=O)C1CC(O)CN1C(=O)C(NC(=O)CC(C)(C)C)C(C)(C)C)c1ccc(C#N)cc1. The molecule has 1 saturated heterocycles. The number of likely N-dealkylation sites (tertiary alicyclic amines) is 1. The lowest BCUT2D eigenvalue weighted by atomic mass is 9.84. The molecular formula is C26H38N4O4. The predicted octanol–water partition coefficient (Wildman–Crippen LogP) is 2.66. The molecule has 1 aromatic rings. The van der Waals surface area contributed by atoms with Crippen LogP contribution in [0, 0.1) is 22.2 Å². The summed E-state index contributed by atoms with van der Waals surface area (Å²) in [7, 11) is 0. The first-order valence-electron chi connectivity index (χ1n) is 11.7. The molecule has 34 heavy (non-hydrogen) atoms. The van der Waals surface area contributed by atoms with Crippen molar-refractivity contribution in [3.63, 3.8) is 0 Å². The average Bonchev–Trinajstić information content (AvgIpc) is 3.11. The van der Waals surface area contributed by atoms with Crippen molar-refractivity contribution in [2.24, 2.45) is 10.8 Å². The van der Waals surface area contributed by atoms with Gasteiger partial charge in [0.15, 0.2) is 0 Å². The van der Waals surface area contributed by atoms with Crippen LogP contribution in [0.15, 0.2) is 24.3 Å². The zero-order valence-corrected chi connectivity index (χ0v) is 21.3. The molecule has 0 radical (unpaired) electrons. The summed E-state index contributed by atoms with van der Waals surface area (Å²) in [6, 6.07) is 6.95. The fourth-order valence-corrected chi connectivity index (χ4v) is 4.05. The average molecular weight is 471 g/mol. The molecule has 0 bridgehead atoms. The molecule has 3 N–H and O–H groups in total. The van der Waals surface area contributed by atoms with Crippen LogP contribution < -0.4 is 10.6 Å². The highest BCUT2D eigenvalue weighted by atomic mass is 16.3. The van der Waals surface area contributed by atoms with Gasteiger partial charge in [-0.15, -0.1) is 0 Å². The maximum atomic E-state index is 13.6. The Hall–Kier alpha value is -2.92. The van der Waals surface area contributed by atoms with Crippen molar-refractivity contribution in [1.29, 1.82) is 5.26 Å². The number of carbonyl (C=O) groups excluding carboxylic acids is 3. The number of rotatable bonds is 6. The van der Waals surface area contributed by atoms with E-state index >= 15 is 0 Å². The summed E-state index contributed by atoms with van der Waals surface area (Å²) >= 11 is 0. The fourth-order valence-electron chi connectivity index (χ4n) is 4.05. The van der Waals surface area contributed by atoms with E-state index in [9.17, 15) is 19.5 Å². The second-order valence-electron chi connectivity index (χ2n) is 11.5. The Kier molecular flexibility index (Phi) is 8.49. The zero-order chi connectivity index (χ0) is 25.8. The minimum Gasteiger partial charge on any atom is -0.391 e. The van der Waals surface area contributed by atoms with Crippen LogP contribution >= 0.6 is 0 Å². The number of β-amino-alcohol motifs (C(OH)–C–C–N with tert-alkyl or cyclic N) is 1. The van der Waals surface area contributed by atoms with Crippen molar-refractivity contribution >= 4 is 17.7 Å². The number of nitrogens with zero attached hydrogens (tertiary/aromatic N) is 2. The van der Waals surface area contributed by atoms with Crippen molar-refractivity contribution < 1.29 is 19.5 Å². The summed E-state index contributed by atoms with van der Waals surface area (Å²) in [5.74, 6) is -0.969. The highest BCUT2D eigenvalue weighted by molar-refractivity contribution is 5.93. The predicted molar refractivity (Wildman–Crippen MR) is 129 cm³/mol. The number of aliphatic hydroxyl groups excluding tert-OH is 1. The highest BCUT2D eigenvalue weighted by Crippen LogP contribution is 2.27. The quantitative estimate of drug-likeness (QED) is 0.590. The van der Waals surface area contributed by atoms with E-state index in [2.05, 4.69) is 16.7 Å². The third-order valence-corrected chi connectivity index (χ3v) is 5.87. The van der Waals surface area contributed by atoms with Gasteiger partial charge in [0, 0.05) is 19.4 Å². The van der Waals surface area contributed by atoms with Gasteiger partial charge in [0.1, 0.15) is 12.1 Å². The largest absolute Gasteiger partial charge is 0.391 e. The molecule has 4 unspecified atom stereocenters. The number of nitriles is 1. The van der Waals surface area contributed by atoms with Crippen LogP contribution in [0.1, 0.15) is 78.5 Å². The summed E-state index contributed by atoms with van der Waals surface area (Å²) < 4.78 is 0. The van der Waals surface area contributed by atoms with Crippen LogP contribution in [0.2, 0.25) is 0 Å². The molecule has 1 aromatic carbocycles. The molecule has 0 spiro atoms. The lowest BCUT2D eigenvalue weighted by Gasteiger charge is -2.36. The lowest BCUT2D eigenvalue weighted by molar-refractivity contribution is -0.144. The summed E-state index contributed by atoms with van der Waals surface area (Å²) in [5, 5.41) is 25.1. The van der Waals surface area contributed by atoms with Crippen molar-refractivity contribution in [1.82, 2.24) is 15.5 Å². The number of nitrogens with one attached hydrogen (secondary N) is 2. The number of benzene rings is 1. The van der Waals surface area contributed by atoms with Crippen LogP contribution in [-0.2, 0) is 14.4 Å². The molecule has 186 valence electrons. The Morgan fingerprint density at radius 2 is 1.71 bits per heavy atom. The summed E-state index contributed by atoms with van der Waals surface area (Å²) in [5.41, 5.74) is 0.531. The Morgan fingerprint density at radius 1 is 1.12 bits per heavy atom.